The molecule has 0 fully saturated rings. The first-order valence-electron chi connectivity index (χ1n) is 7.20. The van der Waals surface area contributed by atoms with Crippen molar-refractivity contribution < 1.29 is 0 Å². The minimum atomic E-state index is 0.332. The van der Waals surface area contributed by atoms with Crippen molar-refractivity contribution in [3.05, 3.63) is 38.3 Å². The van der Waals surface area contributed by atoms with Gasteiger partial charge in [-0.05, 0) is 48.0 Å². The van der Waals surface area contributed by atoms with Crippen molar-refractivity contribution in [2.75, 3.05) is 6.54 Å². The number of aromatic nitrogens is 2. The standard InChI is InChI=1S/C15H22BrN3S/c1-4-12-8-15(19(6-3)18-12)14(17-5-2)9-13-7-11(16)10-20-13/h7-8,10,14,17H,4-6,9H2,1-3H3. The summed E-state index contributed by atoms with van der Waals surface area (Å²) in [6.45, 7) is 8.36. The summed E-state index contributed by atoms with van der Waals surface area (Å²) in [5, 5.41) is 10.4. The number of halogens is 1. The molecule has 2 aromatic heterocycles. The van der Waals surface area contributed by atoms with Gasteiger partial charge in [0, 0.05) is 27.7 Å². The van der Waals surface area contributed by atoms with E-state index >= 15 is 0 Å². The van der Waals surface area contributed by atoms with Crippen LogP contribution in [0.25, 0.3) is 0 Å². The molecule has 20 heavy (non-hydrogen) atoms. The molecule has 0 aliphatic rings. The maximum atomic E-state index is 4.67. The molecule has 0 saturated carbocycles. The Morgan fingerprint density at radius 1 is 1.35 bits per heavy atom. The van der Waals surface area contributed by atoms with Gasteiger partial charge in [-0.15, -0.1) is 11.3 Å². The van der Waals surface area contributed by atoms with E-state index in [1.54, 1.807) is 0 Å². The molecule has 0 bridgehead atoms. The van der Waals surface area contributed by atoms with Crippen LogP contribution in [0.2, 0.25) is 0 Å². The van der Waals surface area contributed by atoms with Gasteiger partial charge in [0.15, 0.2) is 0 Å². The molecule has 0 spiro atoms. The highest BCUT2D eigenvalue weighted by Crippen LogP contribution is 2.26. The van der Waals surface area contributed by atoms with E-state index in [1.807, 2.05) is 11.3 Å². The highest BCUT2D eigenvalue weighted by Gasteiger charge is 2.18. The largest absolute Gasteiger partial charge is 0.309 e. The second-order valence-electron chi connectivity index (χ2n) is 4.78. The van der Waals surface area contributed by atoms with Gasteiger partial charge in [-0.2, -0.15) is 5.10 Å². The fraction of sp³-hybridized carbons (Fsp3) is 0.533. The average Bonchev–Trinajstić information content (AvgIpc) is 3.04. The van der Waals surface area contributed by atoms with E-state index in [4.69, 9.17) is 0 Å². The molecule has 1 unspecified atom stereocenters. The van der Waals surface area contributed by atoms with E-state index in [1.165, 1.54) is 20.7 Å². The van der Waals surface area contributed by atoms with Crippen LogP contribution in [0.4, 0.5) is 0 Å². The van der Waals surface area contributed by atoms with Gasteiger partial charge in [0.1, 0.15) is 0 Å². The molecular weight excluding hydrogens is 334 g/mol. The molecule has 0 aliphatic carbocycles. The van der Waals surface area contributed by atoms with Gasteiger partial charge in [0.25, 0.3) is 0 Å². The predicted octanol–water partition coefficient (Wildman–Crippen LogP) is 4.18. The van der Waals surface area contributed by atoms with Crippen LogP contribution >= 0.6 is 27.3 Å². The second-order valence-corrected chi connectivity index (χ2v) is 6.69. The highest BCUT2D eigenvalue weighted by atomic mass is 79.9. The molecule has 1 atom stereocenters. The van der Waals surface area contributed by atoms with Crippen molar-refractivity contribution in [2.45, 2.75) is 46.2 Å². The van der Waals surface area contributed by atoms with Gasteiger partial charge >= 0.3 is 0 Å². The second kappa shape index (κ2) is 7.38. The van der Waals surface area contributed by atoms with Crippen molar-refractivity contribution in [1.29, 1.82) is 0 Å². The molecule has 2 rings (SSSR count). The Labute approximate surface area is 133 Å². The summed E-state index contributed by atoms with van der Waals surface area (Å²) in [7, 11) is 0. The van der Waals surface area contributed by atoms with Gasteiger partial charge in [0.2, 0.25) is 0 Å². The third kappa shape index (κ3) is 3.71. The summed E-state index contributed by atoms with van der Waals surface area (Å²) in [6.07, 6.45) is 2.00. The monoisotopic (exact) mass is 355 g/mol. The maximum absolute atomic E-state index is 4.67. The summed E-state index contributed by atoms with van der Waals surface area (Å²) in [5.74, 6) is 0. The number of hydrogen-bond acceptors (Lipinski definition) is 3. The molecule has 3 nitrogen and oxygen atoms in total. The smallest absolute Gasteiger partial charge is 0.0625 e. The lowest BCUT2D eigenvalue weighted by Gasteiger charge is -2.18. The number of aryl methyl sites for hydroxylation is 2. The zero-order chi connectivity index (χ0) is 14.5. The lowest BCUT2D eigenvalue weighted by molar-refractivity contribution is 0.491. The SMILES string of the molecule is CCNC(Cc1cc(Br)cs1)c1cc(CC)nn1CC. The van der Waals surface area contributed by atoms with Crippen LogP contribution in [0.15, 0.2) is 22.0 Å². The lowest BCUT2D eigenvalue weighted by Crippen LogP contribution is -2.25. The van der Waals surface area contributed by atoms with E-state index in [9.17, 15) is 0 Å². The molecule has 0 radical (unpaired) electrons. The summed E-state index contributed by atoms with van der Waals surface area (Å²) in [4.78, 5) is 1.39. The average molecular weight is 356 g/mol. The lowest BCUT2D eigenvalue weighted by atomic mass is 10.1. The topological polar surface area (TPSA) is 29.9 Å². The van der Waals surface area contributed by atoms with Crippen LogP contribution in [-0.4, -0.2) is 16.3 Å². The number of nitrogens with one attached hydrogen (secondary N) is 1. The molecule has 0 aromatic carbocycles. The van der Waals surface area contributed by atoms with Gasteiger partial charge in [0.05, 0.1) is 17.4 Å². The van der Waals surface area contributed by atoms with Crippen molar-refractivity contribution in [2.24, 2.45) is 0 Å². The number of likely N-dealkylation sites (N-methyl/N-ethyl adjacent to an activating group) is 1. The zero-order valence-corrected chi connectivity index (χ0v) is 14.7. The Balaban J connectivity index is 2.25. The maximum Gasteiger partial charge on any atom is 0.0625 e. The van der Waals surface area contributed by atoms with Crippen molar-refractivity contribution in [3.8, 4) is 0 Å². The van der Waals surface area contributed by atoms with Crippen molar-refractivity contribution in [1.82, 2.24) is 15.1 Å². The fourth-order valence-electron chi connectivity index (χ4n) is 2.38. The minimum absolute atomic E-state index is 0.332. The molecule has 2 heterocycles. The van der Waals surface area contributed by atoms with Crippen LogP contribution in [-0.2, 0) is 19.4 Å². The van der Waals surface area contributed by atoms with Crippen LogP contribution in [0, 0.1) is 0 Å². The van der Waals surface area contributed by atoms with Crippen LogP contribution in [0.1, 0.15) is 43.1 Å². The molecule has 0 aliphatic heterocycles. The molecule has 2 aromatic rings. The Hall–Kier alpha value is -0.650. The molecule has 1 N–H and O–H groups in total. The van der Waals surface area contributed by atoms with Gasteiger partial charge in [-0.1, -0.05) is 13.8 Å². The first kappa shape index (κ1) is 15.7. The quantitative estimate of drug-likeness (QED) is 0.807. The number of hydrogen-bond donors (Lipinski definition) is 1. The molecule has 0 amide bonds. The van der Waals surface area contributed by atoms with E-state index in [0.717, 1.165) is 25.9 Å². The van der Waals surface area contributed by atoms with Crippen LogP contribution in [0.3, 0.4) is 0 Å². The third-order valence-corrected chi connectivity index (χ3v) is 5.08. The normalized spacial score (nSPS) is 12.8. The predicted molar refractivity (Wildman–Crippen MR) is 89.4 cm³/mol. The Morgan fingerprint density at radius 2 is 2.15 bits per heavy atom. The molecule has 0 saturated heterocycles. The van der Waals surface area contributed by atoms with Gasteiger partial charge < -0.3 is 5.32 Å². The molecule has 5 heteroatoms. The molecular formula is C15H22BrN3S. The highest BCUT2D eigenvalue weighted by molar-refractivity contribution is 9.10. The molecule has 110 valence electrons. The third-order valence-electron chi connectivity index (χ3n) is 3.36. The summed E-state index contributed by atoms with van der Waals surface area (Å²) in [6, 6.07) is 4.79. The number of rotatable bonds is 7. The van der Waals surface area contributed by atoms with E-state index in [2.05, 4.69) is 69.3 Å². The zero-order valence-electron chi connectivity index (χ0n) is 12.3. The summed E-state index contributed by atoms with van der Waals surface area (Å²) >= 11 is 5.34. The summed E-state index contributed by atoms with van der Waals surface area (Å²) in [5.41, 5.74) is 2.48. The Bertz CT molecular complexity index is 547. The van der Waals surface area contributed by atoms with Crippen molar-refractivity contribution in [3.63, 3.8) is 0 Å². The minimum Gasteiger partial charge on any atom is -0.309 e. The summed E-state index contributed by atoms with van der Waals surface area (Å²) < 4.78 is 3.31. The Morgan fingerprint density at radius 3 is 2.70 bits per heavy atom. The van der Waals surface area contributed by atoms with E-state index in [-0.39, 0.29) is 0 Å². The van der Waals surface area contributed by atoms with Gasteiger partial charge in [-0.3, -0.25) is 4.68 Å². The van der Waals surface area contributed by atoms with Crippen LogP contribution < -0.4 is 5.32 Å². The number of thiophene rings is 1. The fourth-order valence-corrected chi connectivity index (χ4v) is 3.88. The van der Waals surface area contributed by atoms with Gasteiger partial charge in [-0.25, -0.2) is 0 Å². The first-order valence-corrected chi connectivity index (χ1v) is 8.88. The number of nitrogens with zero attached hydrogens (tertiary/aromatic N) is 2. The van der Waals surface area contributed by atoms with Crippen LogP contribution in [0.5, 0.6) is 0 Å². The van der Waals surface area contributed by atoms with E-state index in [0.29, 0.717) is 6.04 Å². The van der Waals surface area contributed by atoms with Crippen molar-refractivity contribution >= 4 is 27.3 Å². The first-order chi connectivity index (χ1) is 9.67. The van der Waals surface area contributed by atoms with E-state index < -0.39 is 0 Å². The Kier molecular flexibility index (Phi) is 5.81.